The Kier molecular flexibility index (Phi) is 4.63. The molecule has 10 heteroatoms. The van der Waals surface area contributed by atoms with Crippen LogP contribution in [0, 0.1) is 0 Å². The van der Waals surface area contributed by atoms with Gasteiger partial charge in [0.1, 0.15) is 5.75 Å². The molecule has 4 N–H and O–H groups in total. The first-order chi connectivity index (χ1) is 7.63. The van der Waals surface area contributed by atoms with Gasteiger partial charge in [0.25, 0.3) is 0 Å². The molecular formula is C7H8ClO6P2S+. The Hall–Kier alpha value is -0.100. The predicted octanol–water partition coefficient (Wildman–Crippen LogP) is 1.93. The molecule has 6 nitrogen and oxygen atoms in total. The monoisotopic (exact) mass is 317 g/mol. The highest BCUT2D eigenvalue weighted by atomic mass is 35.5. The van der Waals surface area contributed by atoms with E-state index >= 15 is 0 Å². The zero-order valence-electron chi connectivity index (χ0n) is 8.10. The van der Waals surface area contributed by atoms with Gasteiger partial charge in [-0.1, -0.05) is 11.6 Å². The van der Waals surface area contributed by atoms with E-state index in [4.69, 9.17) is 26.3 Å². The van der Waals surface area contributed by atoms with Crippen molar-refractivity contribution >= 4 is 43.7 Å². The van der Waals surface area contributed by atoms with E-state index in [9.17, 15) is 9.46 Å². The number of rotatable bonds is 4. The van der Waals surface area contributed by atoms with Gasteiger partial charge < -0.3 is 9.42 Å². The van der Waals surface area contributed by atoms with Gasteiger partial charge in [-0.05, 0) is 36.5 Å². The second-order valence-electron chi connectivity index (χ2n) is 2.92. The van der Waals surface area contributed by atoms with E-state index in [1.807, 2.05) is 0 Å². The average Bonchev–Trinajstić information content (AvgIpc) is 2.19. The summed E-state index contributed by atoms with van der Waals surface area (Å²) in [6, 6.07) is 5.39. The third-order valence-corrected chi connectivity index (χ3v) is 6.24. The zero-order valence-corrected chi connectivity index (χ0v) is 11.5. The summed E-state index contributed by atoms with van der Waals surface area (Å²) in [7, 11) is -9.36. The number of thiocarbonyl (C=S) groups is 1. The van der Waals surface area contributed by atoms with Crippen molar-refractivity contribution < 1.29 is 28.7 Å². The normalized spacial score (nSPS) is 15.1. The lowest BCUT2D eigenvalue weighted by atomic mass is 10.3. The summed E-state index contributed by atoms with van der Waals surface area (Å²) in [5.74, 6) is -0.0453. The van der Waals surface area contributed by atoms with E-state index in [0.29, 0.717) is 5.02 Å². The Morgan fingerprint density at radius 3 is 2.18 bits per heavy atom. The van der Waals surface area contributed by atoms with Gasteiger partial charge in [-0.2, -0.15) is 14.7 Å². The first-order valence-corrected chi connectivity index (χ1v) is 8.04. The fourth-order valence-electron chi connectivity index (χ4n) is 0.847. The molecule has 94 valence electrons. The topological polar surface area (TPSA) is 107 Å². The van der Waals surface area contributed by atoms with Crippen LogP contribution in [0.1, 0.15) is 0 Å². The lowest BCUT2D eigenvalue weighted by Gasteiger charge is -2.13. The predicted molar refractivity (Wildman–Crippen MR) is 68.1 cm³/mol. The molecule has 0 heterocycles. The molecule has 0 fully saturated rings. The van der Waals surface area contributed by atoms with E-state index in [1.165, 1.54) is 24.3 Å². The molecule has 1 rings (SSSR count). The Labute approximate surface area is 108 Å². The van der Waals surface area contributed by atoms with Gasteiger partial charge in [0.15, 0.2) is 0 Å². The highest BCUT2D eigenvalue weighted by molar-refractivity contribution is 8.17. The number of hydrogen-bond acceptors (Lipinski definition) is 6. The number of hydrogen-bond donors (Lipinski definition) is 4. The summed E-state index contributed by atoms with van der Waals surface area (Å²) in [6.07, 6.45) is 0. The molecule has 0 amide bonds. The van der Waals surface area contributed by atoms with Gasteiger partial charge in [-0.25, -0.2) is 4.57 Å². The first kappa shape index (κ1) is 15.0. The zero-order chi connectivity index (χ0) is 13.3. The van der Waals surface area contributed by atoms with Crippen molar-refractivity contribution in [1.82, 2.24) is 0 Å². The molecule has 0 aliphatic heterocycles. The SMILES string of the molecule is O=P(O)(Oc1ccc(Cl)cc1)C(=S)[P+](O)(O)O. The maximum atomic E-state index is 11.5. The lowest BCUT2D eigenvalue weighted by Crippen LogP contribution is -2.07. The molecule has 1 aromatic carbocycles. The molecule has 0 bridgehead atoms. The van der Waals surface area contributed by atoms with Gasteiger partial charge in [0, 0.05) is 5.02 Å². The molecule has 1 aromatic rings. The summed E-state index contributed by atoms with van der Waals surface area (Å²) in [4.78, 5) is 35.7. The van der Waals surface area contributed by atoms with Crippen LogP contribution in [0.15, 0.2) is 24.3 Å². The summed E-state index contributed by atoms with van der Waals surface area (Å²) in [5, 5.41) is 0.390. The minimum Gasteiger partial charge on any atom is -0.418 e. The van der Waals surface area contributed by atoms with Crippen molar-refractivity contribution in [3.05, 3.63) is 29.3 Å². The third-order valence-electron chi connectivity index (χ3n) is 1.54. The van der Waals surface area contributed by atoms with Crippen LogP contribution in [0.5, 0.6) is 5.75 Å². The van der Waals surface area contributed by atoms with Gasteiger partial charge >= 0.3 is 19.9 Å². The van der Waals surface area contributed by atoms with E-state index in [0.717, 1.165) is 0 Å². The van der Waals surface area contributed by atoms with Gasteiger partial charge in [0.2, 0.25) is 0 Å². The standard InChI is InChI=1S/C7H7ClO6P2S/c8-5-1-3-6(4-2-5)14-16(12,13)7(17)15(9,10)11/h1-4,9-11H/p+1. The highest BCUT2D eigenvalue weighted by Crippen LogP contribution is 2.62. The Bertz CT molecular complexity index is 470. The highest BCUT2D eigenvalue weighted by Gasteiger charge is 2.52. The van der Waals surface area contributed by atoms with Gasteiger partial charge in [-0.3, -0.25) is 0 Å². The van der Waals surface area contributed by atoms with Crippen LogP contribution in [0.25, 0.3) is 0 Å². The molecule has 0 aliphatic carbocycles. The van der Waals surface area contributed by atoms with E-state index in [-0.39, 0.29) is 5.75 Å². The van der Waals surface area contributed by atoms with Crippen LogP contribution >= 0.6 is 39.4 Å². The second-order valence-corrected chi connectivity index (χ2v) is 7.97. The number of halogens is 1. The molecule has 0 saturated heterocycles. The van der Waals surface area contributed by atoms with E-state index in [1.54, 1.807) is 0 Å². The van der Waals surface area contributed by atoms with Crippen LogP contribution in [-0.2, 0) is 4.57 Å². The smallest absolute Gasteiger partial charge is 0.418 e. The Morgan fingerprint density at radius 1 is 1.29 bits per heavy atom. The quantitative estimate of drug-likeness (QED) is 0.496. The first-order valence-electron chi connectivity index (χ1n) is 4.03. The fraction of sp³-hybridized carbons (Fsp3) is 0. The van der Waals surface area contributed by atoms with Crippen LogP contribution in [-0.4, -0.2) is 23.9 Å². The Balaban J connectivity index is 2.91. The largest absolute Gasteiger partial charge is 0.462 e. The van der Waals surface area contributed by atoms with Crippen LogP contribution in [0.3, 0.4) is 0 Å². The van der Waals surface area contributed by atoms with Crippen molar-refractivity contribution in [1.29, 1.82) is 0 Å². The lowest BCUT2D eigenvalue weighted by molar-refractivity contribution is 0.350. The van der Waals surface area contributed by atoms with Crippen molar-refractivity contribution in [2.45, 2.75) is 0 Å². The molecule has 0 spiro atoms. The maximum Gasteiger partial charge on any atom is 0.462 e. The molecule has 0 aromatic heterocycles. The van der Waals surface area contributed by atoms with Crippen molar-refractivity contribution in [2.24, 2.45) is 0 Å². The van der Waals surface area contributed by atoms with Gasteiger partial charge in [0.05, 0.1) is 0 Å². The Morgan fingerprint density at radius 2 is 1.76 bits per heavy atom. The molecule has 0 saturated carbocycles. The summed E-state index contributed by atoms with van der Waals surface area (Å²) in [5.41, 5.74) is 0. The maximum absolute atomic E-state index is 11.5. The fourth-order valence-corrected chi connectivity index (χ4v) is 3.05. The minimum absolute atomic E-state index is 0.0453. The van der Waals surface area contributed by atoms with Crippen LogP contribution in [0.4, 0.5) is 0 Å². The van der Waals surface area contributed by atoms with Crippen LogP contribution < -0.4 is 4.52 Å². The third kappa shape index (κ3) is 4.25. The van der Waals surface area contributed by atoms with E-state index < -0.39 is 19.9 Å². The molecule has 0 aliphatic rings. The molecule has 1 atom stereocenters. The van der Waals surface area contributed by atoms with Crippen molar-refractivity contribution in [3.8, 4) is 5.75 Å². The summed E-state index contributed by atoms with van der Waals surface area (Å²) in [6.45, 7) is 0. The summed E-state index contributed by atoms with van der Waals surface area (Å²) >= 11 is 9.88. The van der Waals surface area contributed by atoms with Crippen LogP contribution in [0.2, 0.25) is 5.02 Å². The van der Waals surface area contributed by atoms with E-state index in [2.05, 4.69) is 16.7 Å². The summed E-state index contributed by atoms with van der Waals surface area (Å²) < 4.78 is 14.9. The second kappa shape index (κ2) is 5.26. The molecule has 17 heavy (non-hydrogen) atoms. The molecule has 0 radical (unpaired) electrons. The van der Waals surface area contributed by atoms with Crippen molar-refractivity contribution in [3.63, 3.8) is 0 Å². The number of benzene rings is 1. The minimum atomic E-state index is -4.71. The average molecular weight is 318 g/mol. The van der Waals surface area contributed by atoms with Crippen molar-refractivity contribution in [2.75, 3.05) is 0 Å². The molecule has 1 unspecified atom stereocenters. The molecular weight excluding hydrogens is 310 g/mol. The van der Waals surface area contributed by atoms with Gasteiger partial charge in [-0.15, -0.1) is 0 Å².